The summed E-state index contributed by atoms with van der Waals surface area (Å²) in [5.74, 6) is 0. The Bertz CT molecular complexity index is 449. The van der Waals surface area contributed by atoms with Crippen LogP contribution >= 0.6 is 11.6 Å². The van der Waals surface area contributed by atoms with Gasteiger partial charge in [-0.15, -0.1) is 0 Å². The summed E-state index contributed by atoms with van der Waals surface area (Å²) < 4.78 is 0. The van der Waals surface area contributed by atoms with Crippen molar-refractivity contribution in [2.45, 2.75) is 18.9 Å². The Morgan fingerprint density at radius 3 is 3.06 bits per heavy atom. The van der Waals surface area contributed by atoms with E-state index < -0.39 is 4.92 Å². The molecule has 1 N–H and O–H groups in total. The van der Waals surface area contributed by atoms with Crippen molar-refractivity contribution in [1.82, 2.24) is 10.3 Å². The number of halogens is 1. The third kappa shape index (κ3) is 2.70. The first-order valence-corrected chi connectivity index (χ1v) is 6.20. The van der Waals surface area contributed by atoms with Gasteiger partial charge in [0.2, 0.25) is 0 Å². The second kappa shape index (κ2) is 5.49. The van der Waals surface area contributed by atoms with Crippen molar-refractivity contribution in [2.75, 3.05) is 25.0 Å². The van der Waals surface area contributed by atoms with E-state index in [0.29, 0.717) is 23.3 Å². The lowest BCUT2D eigenvalue weighted by Crippen LogP contribution is -2.35. The van der Waals surface area contributed by atoms with Gasteiger partial charge < -0.3 is 10.2 Å². The van der Waals surface area contributed by atoms with E-state index in [0.717, 1.165) is 19.4 Å². The van der Waals surface area contributed by atoms with Crippen LogP contribution in [0, 0.1) is 10.1 Å². The molecule has 98 valence electrons. The quantitative estimate of drug-likeness (QED) is 0.668. The van der Waals surface area contributed by atoms with Crippen LogP contribution in [0.1, 0.15) is 12.8 Å². The third-order valence-electron chi connectivity index (χ3n) is 3.09. The highest BCUT2D eigenvalue weighted by atomic mass is 35.5. The Labute approximate surface area is 110 Å². The molecule has 2 heterocycles. The van der Waals surface area contributed by atoms with Gasteiger partial charge in [0.25, 0.3) is 0 Å². The summed E-state index contributed by atoms with van der Waals surface area (Å²) in [6.45, 7) is 1.70. The predicted molar refractivity (Wildman–Crippen MR) is 70.2 cm³/mol. The number of rotatable bonds is 4. The molecular weight excluding hydrogens is 256 g/mol. The maximum absolute atomic E-state index is 11.0. The smallest absolute Gasteiger partial charge is 0.312 e. The van der Waals surface area contributed by atoms with E-state index in [1.54, 1.807) is 0 Å². The van der Waals surface area contributed by atoms with E-state index in [-0.39, 0.29) is 5.69 Å². The number of nitrogens with one attached hydrogen (secondary N) is 1. The molecule has 18 heavy (non-hydrogen) atoms. The average Bonchev–Trinajstić information content (AvgIpc) is 2.81. The summed E-state index contributed by atoms with van der Waals surface area (Å²) in [5.41, 5.74) is 0.383. The second-order valence-corrected chi connectivity index (χ2v) is 4.83. The van der Waals surface area contributed by atoms with Crippen LogP contribution in [0.5, 0.6) is 0 Å². The van der Waals surface area contributed by atoms with E-state index in [1.165, 1.54) is 12.4 Å². The molecule has 1 saturated heterocycles. The number of hydrogen-bond donors (Lipinski definition) is 1. The monoisotopic (exact) mass is 270 g/mol. The Balaban J connectivity index is 2.22. The number of anilines is 1. The lowest BCUT2D eigenvalue weighted by atomic mass is 10.2. The fraction of sp³-hybridized carbons (Fsp3) is 0.545. The highest BCUT2D eigenvalue weighted by Gasteiger charge is 2.24. The van der Waals surface area contributed by atoms with Crippen LogP contribution in [0.25, 0.3) is 0 Å². The van der Waals surface area contributed by atoms with Crippen LogP contribution in [-0.2, 0) is 0 Å². The van der Waals surface area contributed by atoms with Crippen LogP contribution in [-0.4, -0.2) is 36.1 Å². The number of likely N-dealkylation sites (N-methyl/N-ethyl adjacent to an activating group) is 1. The summed E-state index contributed by atoms with van der Waals surface area (Å²) in [5, 5.41) is 14.6. The van der Waals surface area contributed by atoms with E-state index >= 15 is 0 Å². The summed E-state index contributed by atoms with van der Waals surface area (Å²) in [6.07, 6.45) is 4.90. The maximum Gasteiger partial charge on any atom is 0.312 e. The zero-order valence-corrected chi connectivity index (χ0v) is 10.9. The average molecular weight is 271 g/mol. The van der Waals surface area contributed by atoms with Gasteiger partial charge in [0.05, 0.1) is 9.95 Å². The standard InChI is InChI=1S/C11H15ClN4O2/c1-15(7-8-3-2-4-14-8)11-9(12)5-13-6-10(11)16(17)18/h5-6,8,14H,2-4,7H2,1H3. The first-order chi connectivity index (χ1) is 8.59. The van der Waals surface area contributed by atoms with Crippen molar-refractivity contribution >= 4 is 23.0 Å². The molecule has 0 aromatic carbocycles. The first kappa shape index (κ1) is 13.0. The van der Waals surface area contributed by atoms with Crippen molar-refractivity contribution in [3.63, 3.8) is 0 Å². The Morgan fingerprint density at radius 1 is 1.67 bits per heavy atom. The number of pyridine rings is 1. The molecule has 2 rings (SSSR count). The van der Waals surface area contributed by atoms with Gasteiger partial charge in [-0.3, -0.25) is 15.1 Å². The molecular formula is C11H15ClN4O2. The highest BCUT2D eigenvalue weighted by molar-refractivity contribution is 6.33. The summed E-state index contributed by atoms with van der Waals surface area (Å²) in [4.78, 5) is 16.1. The molecule has 1 fully saturated rings. The summed E-state index contributed by atoms with van der Waals surface area (Å²) in [6, 6.07) is 0.360. The molecule has 0 bridgehead atoms. The van der Waals surface area contributed by atoms with Gasteiger partial charge in [0.1, 0.15) is 11.9 Å². The van der Waals surface area contributed by atoms with Crippen LogP contribution in [0.15, 0.2) is 12.4 Å². The Kier molecular flexibility index (Phi) is 3.98. The molecule has 7 heteroatoms. The van der Waals surface area contributed by atoms with Crippen LogP contribution in [0.2, 0.25) is 5.02 Å². The van der Waals surface area contributed by atoms with Gasteiger partial charge >= 0.3 is 5.69 Å². The van der Waals surface area contributed by atoms with Crippen LogP contribution in [0.4, 0.5) is 11.4 Å². The number of nitrogens with zero attached hydrogens (tertiary/aromatic N) is 3. The second-order valence-electron chi connectivity index (χ2n) is 4.42. The van der Waals surface area contributed by atoms with Crippen LogP contribution < -0.4 is 10.2 Å². The maximum atomic E-state index is 11.0. The molecule has 1 atom stereocenters. The largest absolute Gasteiger partial charge is 0.366 e. The van der Waals surface area contributed by atoms with Gasteiger partial charge in [-0.2, -0.15) is 0 Å². The zero-order chi connectivity index (χ0) is 13.1. The molecule has 1 aliphatic heterocycles. The fourth-order valence-electron chi connectivity index (χ4n) is 2.26. The van der Waals surface area contributed by atoms with Gasteiger partial charge in [0.15, 0.2) is 0 Å². The van der Waals surface area contributed by atoms with Crippen molar-refractivity contribution < 1.29 is 4.92 Å². The summed E-state index contributed by atoms with van der Waals surface area (Å²) in [7, 11) is 1.81. The van der Waals surface area contributed by atoms with Crippen LogP contribution in [0.3, 0.4) is 0 Å². The SMILES string of the molecule is CN(CC1CCCN1)c1c(Cl)cncc1[N+](=O)[O-]. The number of aromatic nitrogens is 1. The molecule has 0 saturated carbocycles. The van der Waals surface area contributed by atoms with Gasteiger partial charge in [0, 0.05) is 25.8 Å². The van der Waals surface area contributed by atoms with Crippen molar-refractivity contribution in [3.8, 4) is 0 Å². The fourth-order valence-corrected chi connectivity index (χ4v) is 2.56. The minimum atomic E-state index is -0.452. The Hall–Kier alpha value is -1.40. The van der Waals surface area contributed by atoms with Crippen molar-refractivity contribution in [3.05, 3.63) is 27.5 Å². The number of hydrogen-bond acceptors (Lipinski definition) is 5. The van der Waals surface area contributed by atoms with Gasteiger partial charge in [-0.1, -0.05) is 11.6 Å². The third-order valence-corrected chi connectivity index (χ3v) is 3.37. The zero-order valence-electron chi connectivity index (χ0n) is 10.1. The van der Waals surface area contributed by atoms with E-state index in [9.17, 15) is 10.1 Å². The highest BCUT2D eigenvalue weighted by Crippen LogP contribution is 2.33. The molecule has 1 aliphatic rings. The molecule has 0 amide bonds. The lowest BCUT2D eigenvalue weighted by molar-refractivity contribution is -0.384. The molecule has 1 aromatic rings. The van der Waals surface area contributed by atoms with E-state index in [4.69, 9.17) is 11.6 Å². The molecule has 0 aliphatic carbocycles. The van der Waals surface area contributed by atoms with E-state index in [2.05, 4.69) is 10.3 Å². The molecule has 1 unspecified atom stereocenters. The van der Waals surface area contributed by atoms with Gasteiger partial charge in [-0.25, -0.2) is 0 Å². The van der Waals surface area contributed by atoms with Gasteiger partial charge in [-0.05, 0) is 19.4 Å². The first-order valence-electron chi connectivity index (χ1n) is 5.82. The van der Waals surface area contributed by atoms with Crippen molar-refractivity contribution in [2.24, 2.45) is 0 Å². The molecule has 0 spiro atoms. The molecule has 1 aromatic heterocycles. The molecule has 6 nitrogen and oxygen atoms in total. The minimum Gasteiger partial charge on any atom is -0.366 e. The molecule has 0 radical (unpaired) electrons. The number of nitro groups is 1. The van der Waals surface area contributed by atoms with Crippen molar-refractivity contribution in [1.29, 1.82) is 0 Å². The summed E-state index contributed by atoms with van der Waals surface area (Å²) >= 11 is 6.02. The minimum absolute atomic E-state index is 0.0528. The topological polar surface area (TPSA) is 71.3 Å². The normalized spacial score (nSPS) is 18.9. The predicted octanol–water partition coefficient (Wildman–Crippen LogP) is 1.83. The van der Waals surface area contributed by atoms with E-state index in [1.807, 2.05) is 11.9 Å². The Morgan fingerprint density at radius 2 is 2.44 bits per heavy atom. The lowest BCUT2D eigenvalue weighted by Gasteiger charge is -2.23.